The summed E-state index contributed by atoms with van der Waals surface area (Å²) in [4.78, 5) is 22.8. The second kappa shape index (κ2) is 5.66. The third-order valence-corrected chi connectivity index (χ3v) is 2.79. The van der Waals surface area contributed by atoms with E-state index in [4.69, 9.17) is 5.11 Å². The monoisotopic (exact) mass is 324 g/mol. The van der Waals surface area contributed by atoms with E-state index < -0.39 is 5.97 Å². The first-order valence-electron chi connectivity index (χ1n) is 5.27. The Labute approximate surface area is 116 Å². The third-order valence-electron chi connectivity index (χ3n) is 2.33. The van der Waals surface area contributed by atoms with E-state index in [9.17, 15) is 9.59 Å². The second-order valence-corrected chi connectivity index (χ2v) is 4.62. The van der Waals surface area contributed by atoms with E-state index in [1.807, 2.05) is 0 Å². The number of amides is 1. The minimum Gasteiger partial charge on any atom is -0.478 e. The molecule has 0 fully saturated rings. The predicted molar refractivity (Wildman–Crippen MR) is 68.8 cm³/mol. The zero-order valence-electron chi connectivity index (χ0n) is 9.59. The van der Waals surface area contributed by atoms with Crippen LogP contribution in [0.25, 0.3) is 0 Å². The van der Waals surface area contributed by atoms with Crippen LogP contribution in [0.3, 0.4) is 0 Å². The van der Waals surface area contributed by atoms with Crippen LogP contribution < -0.4 is 5.32 Å². The van der Waals surface area contributed by atoms with Crippen LogP contribution in [-0.4, -0.2) is 22.1 Å². The number of hydrogen-bond donors (Lipinski definition) is 2. The summed E-state index contributed by atoms with van der Waals surface area (Å²) < 4.78 is 5.16. The highest BCUT2D eigenvalue weighted by Gasteiger charge is 2.11. The Morgan fingerprint density at radius 1 is 1.32 bits per heavy atom. The molecule has 0 radical (unpaired) electrons. The summed E-state index contributed by atoms with van der Waals surface area (Å²) in [6.45, 7) is 0.213. The first kappa shape index (κ1) is 13.3. The normalized spacial score (nSPS) is 10.2. The van der Waals surface area contributed by atoms with Crippen molar-refractivity contribution in [1.29, 1.82) is 0 Å². The molecule has 1 aromatic carbocycles. The van der Waals surface area contributed by atoms with Gasteiger partial charge in [-0.2, -0.15) is 0 Å². The fourth-order valence-electron chi connectivity index (χ4n) is 1.45. The quantitative estimate of drug-likeness (QED) is 0.898. The lowest BCUT2D eigenvalue weighted by molar-refractivity contribution is 0.0697. The number of carboxylic acid groups (broad SMARTS) is 1. The molecule has 0 saturated heterocycles. The van der Waals surface area contributed by atoms with Gasteiger partial charge >= 0.3 is 5.97 Å². The molecule has 0 aliphatic rings. The number of hydrogen-bond acceptors (Lipinski definition) is 4. The van der Waals surface area contributed by atoms with Gasteiger partial charge in [0, 0.05) is 16.1 Å². The second-order valence-electron chi connectivity index (χ2n) is 3.71. The molecule has 19 heavy (non-hydrogen) atoms. The molecule has 0 atom stereocenters. The van der Waals surface area contributed by atoms with Gasteiger partial charge in [0.2, 0.25) is 0 Å². The lowest BCUT2D eigenvalue weighted by atomic mass is 10.1. The van der Waals surface area contributed by atoms with Gasteiger partial charge in [0.25, 0.3) is 5.91 Å². The maximum absolute atomic E-state index is 11.9. The van der Waals surface area contributed by atoms with Crippen molar-refractivity contribution in [3.8, 4) is 0 Å². The highest BCUT2D eigenvalue weighted by atomic mass is 79.9. The van der Waals surface area contributed by atoms with Gasteiger partial charge in [-0.05, 0) is 18.2 Å². The van der Waals surface area contributed by atoms with Gasteiger partial charge in [-0.25, -0.2) is 4.79 Å². The van der Waals surface area contributed by atoms with E-state index in [0.29, 0.717) is 10.2 Å². The number of aromatic nitrogens is 1. The Bertz CT molecular complexity index is 610. The molecule has 0 aliphatic carbocycles. The van der Waals surface area contributed by atoms with Gasteiger partial charge in [-0.3, -0.25) is 4.79 Å². The maximum Gasteiger partial charge on any atom is 0.335 e. The standard InChI is InChI=1S/C12H9BrN2O4/c13-9-4-7(3-8(5-9)12(17)18)11(16)14-6-10-1-2-19-15-10/h1-5H,6H2,(H,14,16)(H,17,18). The van der Waals surface area contributed by atoms with Crippen molar-refractivity contribution in [3.63, 3.8) is 0 Å². The van der Waals surface area contributed by atoms with E-state index >= 15 is 0 Å². The number of nitrogens with zero attached hydrogens (tertiary/aromatic N) is 1. The lowest BCUT2D eigenvalue weighted by Crippen LogP contribution is -2.23. The Hall–Kier alpha value is -2.15. The first-order valence-corrected chi connectivity index (χ1v) is 6.07. The molecular weight excluding hydrogens is 316 g/mol. The Morgan fingerprint density at radius 2 is 2.05 bits per heavy atom. The van der Waals surface area contributed by atoms with Gasteiger partial charge in [0.05, 0.1) is 12.1 Å². The molecule has 6 nitrogen and oxygen atoms in total. The van der Waals surface area contributed by atoms with Gasteiger partial charge in [-0.1, -0.05) is 21.1 Å². The van der Waals surface area contributed by atoms with Crippen molar-refractivity contribution in [2.45, 2.75) is 6.54 Å². The fourth-order valence-corrected chi connectivity index (χ4v) is 1.94. The summed E-state index contributed by atoms with van der Waals surface area (Å²) in [5.74, 6) is -1.47. The van der Waals surface area contributed by atoms with Crippen LogP contribution in [0.15, 0.2) is 39.5 Å². The number of halogens is 1. The minimum absolute atomic E-state index is 0.0426. The third kappa shape index (κ3) is 3.41. The number of carboxylic acids is 1. The topological polar surface area (TPSA) is 92.4 Å². The summed E-state index contributed by atoms with van der Waals surface area (Å²) in [7, 11) is 0. The molecule has 98 valence electrons. The zero-order chi connectivity index (χ0) is 13.8. The van der Waals surface area contributed by atoms with Crippen LogP contribution in [0.5, 0.6) is 0 Å². The van der Waals surface area contributed by atoms with Crippen LogP contribution in [0.1, 0.15) is 26.4 Å². The fraction of sp³-hybridized carbons (Fsp3) is 0.0833. The summed E-state index contributed by atoms with van der Waals surface area (Å²) in [5, 5.41) is 15.2. The zero-order valence-corrected chi connectivity index (χ0v) is 11.2. The molecule has 1 amide bonds. The lowest BCUT2D eigenvalue weighted by Gasteiger charge is -2.05. The maximum atomic E-state index is 11.9. The van der Waals surface area contributed by atoms with E-state index in [0.717, 1.165) is 0 Å². The van der Waals surface area contributed by atoms with E-state index in [-0.39, 0.29) is 23.6 Å². The van der Waals surface area contributed by atoms with Crippen molar-refractivity contribution in [3.05, 3.63) is 51.8 Å². The van der Waals surface area contributed by atoms with Gasteiger partial charge < -0.3 is 14.9 Å². The number of aromatic carboxylic acids is 1. The summed E-state index contributed by atoms with van der Waals surface area (Å²) in [6, 6.07) is 5.91. The molecule has 7 heteroatoms. The predicted octanol–water partition coefficient (Wildman–Crippen LogP) is 2.07. The van der Waals surface area contributed by atoms with E-state index in [1.54, 1.807) is 12.1 Å². The highest BCUT2D eigenvalue weighted by Crippen LogP contribution is 2.16. The molecule has 1 heterocycles. The van der Waals surface area contributed by atoms with Crippen LogP contribution >= 0.6 is 15.9 Å². The SMILES string of the molecule is O=C(O)c1cc(Br)cc(C(=O)NCc2ccon2)c1. The van der Waals surface area contributed by atoms with Crippen LogP contribution in [0, 0.1) is 0 Å². The Morgan fingerprint density at radius 3 is 2.68 bits per heavy atom. The molecule has 0 spiro atoms. The smallest absolute Gasteiger partial charge is 0.335 e. The number of carbonyl (C=O) groups is 2. The molecule has 0 unspecified atom stereocenters. The van der Waals surface area contributed by atoms with Gasteiger partial charge in [0.1, 0.15) is 12.0 Å². The van der Waals surface area contributed by atoms with Crippen LogP contribution in [-0.2, 0) is 6.54 Å². The average Bonchev–Trinajstić information content (AvgIpc) is 2.88. The van der Waals surface area contributed by atoms with Crippen molar-refractivity contribution in [2.24, 2.45) is 0 Å². The van der Waals surface area contributed by atoms with Crippen molar-refractivity contribution in [1.82, 2.24) is 10.5 Å². The van der Waals surface area contributed by atoms with Gasteiger partial charge in [-0.15, -0.1) is 0 Å². The summed E-state index contributed by atoms with van der Waals surface area (Å²) in [5.41, 5.74) is 0.887. The van der Waals surface area contributed by atoms with Crippen molar-refractivity contribution in [2.75, 3.05) is 0 Å². The van der Waals surface area contributed by atoms with Crippen LogP contribution in [0.2, 0.25) is 0 Å². The number of rotatable bonds is 4. The first-order chi connectivity index (χ1) is 9.06. The molecule has 2 aromatic rings. The van der Waals surface area contributed by atoms with E-state index in [2.05, 4.69) is 30.9 Å². The Kier molecular flexibility index (Phi) is 3.96. The number of benzene rings is 1. The molecule has 1 aromatic heterocycles. The van der Waals surface area contributed by atoms with Crippen molar-refractivity contribution < 1.29 is 19.2 Å². The highest BCUT2D eigenvalue weighted by molar-refractivity contribution is 9.10. The molecular formula is C12H9BrN2O4. The molecule has 2 rings (SSSR count). The average molecular weight is 325 g/mol. The molecule has 0 bridgehead atoms. The largest absolute Gasteiger partial charge is 0.478 e. The van der Waals surface area contributed by atoms with Crippen molar-refractivity contribution >= 4 is 27.8 Å². The molecule has 2 N–H and O–H groups in total. The van der Waals surface area contributed by atoms with Gasteiger partial charge in [0.15, 0.2) is 0 Å². The van der Waals surface area contributed by atoms with Crippen LogP contribution in [0.4, 0.5) is 0 Å². The molecule has 0 aliphatic heterocycles. The van der Waals surface area contributed by atoms with E-state index in [1.165, 1.54) is 18.4 Å². The minimum atomic E-state index is -1.09. The Balaban J connectivity index is 2.12. The summed E-state index contributed by atoms with van der Waals surface area (Å²) >= 11 is 3.17. The summed E-state index contributed by atoms with van der Waals surface area (Å²) in [6.07, 6.45) is 1.41. The molecule has 0 saturated carbocycles. The number of carbonyl (C=O) groups excluding carboxylic acids is 1. The number of nitrogens with one attached hydrogen (secondary N) is 1.